The Labute approximate surface area is 145 Å². The Bertz CT molecular complexity index is 653. The van der Waals surface area contributed by atoms with Gasteiger partial charge in [-0.25, -0.2) is 9.97 Å². The molecule has 3 heterocycles. The van der Waals surface area contributed by atoms with Gasteiger partial charge in [0.1, 0.15) is 16.3 Å². The lowest BCUT2D eigenvalue weighted by Gasteiger charge is -2.31. The van der Waals surface area contributed by atoms with Crippen LogP contribution in [0.25, 0.3) is 0 Å². The van der Waals surface area contributed by atoms with Crippen molar-refractivity contribution in [2.24, 2.45) is 0 Å². The molecule has 124 valence electrons. The van der Waals surface area contributed by atoms with Crippen LogP contribution in [0.1, 0.15) is 43.3 Å². The molecule has 0 amide bonds. The van der Waals surface area contributed by atoms with Crippen LogP contribution in [0.2, 0.25) is 5.15 Å². The second-order valence-electron chi connectivity index (χ2n) is 6.75. The molecule has 0 bridgehead atoms. The number of rotatable bonds is 3. The fraction of sp³-hybridized carbons (Fsp3) is 0.562. The number of nitrogens with zero attached hydrogens (tertiary/aromatic N) is 4. The average Bonchev–Trinajstić information content (AvgIpc) is 3.00. The van der Waals surface area contributed by atoms with Crippen LogP contribution in [0, 0.1) is 0 Å². The number of thiazole rings is 1. The molecule has 0 N–H and O–H groups in total. The molecule has 7 heteroatoms. The van der Waals surface area contributed by atoms with E-state index in [-0.39, 0.29) is 11.5 Å². The monoisotopic (exact) mass is 352 g/mol. The third-order valence-corrected chi connectivity index (χ3v) is 4.91. The van der Waals surface area contributed by atoms with Gasteiger partial charge in [0.2, 0.25) is 0 Å². The topological polar surface area (TPSA) is 51.1 Å². The summed E-state index contributed by atoms with van der Waals surface area (Å²) in [6.45, 7) is 9.70. The maximum Gasteiger partial charge on any atom is 0.147 e. The minimum atomic E-state index is 0.0325. The molecule has 0 saturated carbocycles. The van der Waals surface area contributed by atoms with Gasteiger partial charge in [-0.05, 0) is 0 Å². The van der Waals surface area contributed by atoms with Gasteiger partial charge in [-0.1, -0.05) is 32.4 Å². The molecule has 5 nitrogen and oxygen atoms in total. The van der Waals surface area contributed by atoms with E-state index in [9.17, 15) is 0 Å². The quantitative estimate of drug-likeness (QED) is 0.846. The summed E-state index contributed by atoms with van der Waals surface area (Å²) < 4.78 is 5.93. The normalized spacial score (nSPS) is 19.9. The van der Waals surface area contributed by atoms with Crippen molar-refractivity contribution in [3.8, 4) is 0 Å². The van der Waals surface area contributed by atoms with Crippen LogP contribution < -0.4 is 0 Å². The van der Waals surface area contributed by atoms with Gasteiger partial charge in [-0.15, -0.1) is 11.3 Å². The molecule has 1 saturated heterocycles. The van der Waals surface area contributed by atoms with Crippen molar-refractivity contribution in [3.63, 3.8) is 0 Å². The Balaban J connectivity index is 1.66. The lowest BCUT2D eigenvalue weighted by atomic mass is 9.93. The first-order valence-electron chi connectivity index (χ1n) is 7.68. The van der Waals surface area contributed by atoms with Crippen LogP contribution in [0.3, 0.4) is 0 Å². The molecular weight excluding hydrogens is 332 g/mol. The minimum Gasteiger partial charge on any atom is -0.368 e. The third-order valence-electron chi connectivity index (χ3n) is 3.78. The van der Waals surface area contributed by atoms with E-state index in [4.69, 9.17) is 21.3 Å². The molecule has 0 spiro atoms. The first-order chi connectivity index (χ1) is 10.9. The van der Waals surface area contributed by atoms with Crippen LogP contribution in [-0.4, -0.2) is 39.5 Å². The molecule has 1 aliphatic heterocycles. The molecule has 3 rings (SSSR count). The van der Waals surface area contributed by atoms with E-state index in [1.807, 2.05) is 0 Å². The molecule has 1 fully saturated rings. The van der Waals surface area contributed by atoms with Gasteiger partial charge in [0.25, 0.3) is 0 Å². The van der Waals surface area contributed by atoms with Crippen molar-refractivity contribution in [1.29, 1.82) is 0 Å². The highest BCUT2D eigenvalue weighted by atomic mass is 35.5. The zero-order valence-corrected chi connectivity index (χ0v) is 15.2. The average molecular weight is 353 g/mol. The van der Waals surface area contributed by atoms with Crippen molar-refractivity contribution in [2.75, 3.05) is 19.7 Å². The predicted molar refractivity (Wildman–Crippen MR) is 91.8 cm³/mol. The number of halogens is 1. The zero-order chi connectivity index (χ0) is 16.4. The van der Waals surface area contributed by atoms with E-state index in [0.29, 0.717) is 11.8 Å². The summed E-state index contributed by atoms with van der Waals surface area (Å²) >= 11 is 7.47. The lowest BCUT2D eigenvalue weighted by Crippen LogP contribution is -2.38. The van der Waals surface area contributed by atoms with Crippen molar-refractivity contribution in [1.82, 2.24) is 19.9 Å². The standard InChI is InChI=1S/C16H21ClN4OS/c1-16(2,3)13-10-23-15(20-13)12-9-21(4-5-22-12)8-11-6-19-14(17)7-18-11/h6-7,10,12H,4-5,8-9H2,1-3H3. The Kier molecular flexibility index (Phi) is 4.96. The largest absolute Gasteiger partial charge is 0.368 e. The summed E-state index contributed by atoms with van der Waals surface area (Å²) in [5, 5.41) is 3.62. The summed E-state index contributed by atoms with van der Waals surface area (Å²) in [5.41, 5.74) is 2.12. The van der Waals surface area contributed by atoms with E-state index in [1.54, 1.807) is 23.7 Å². The second-order valence-corrected chi connectivity index (χ2v) is 8.02. The number of hydrogen-bond donors (Lipinski definition) is 0. The van der Waals surface area contributed by atoms with Gasteiger partial charge in [0, 0.05) is 30.4 Å². The summed E-state index contributed by atoms with van der Waals surface area (Å²) in [5.74, 6) is 0. The zero-order valence-electron chi connectivity index (χ0n) is 13.6. The van der Waals surface area contributed by atoms with Gasteiger partial charge in [0.15, 0.2) is 0 Å². The Hall–Kier alpha value is -1.08. The summed E-state index contributed by atoms with van der Waals surface area (Å²) in [6, 6.07) is 0. The van der Waals surface area contributed by atoms with Crippen molar-refractivity contribution < 1.29 is 4.74 Å². The highest BCUT2D eigenvalue weighted by Crippen LogP contribution is 2.30. The van der Waals surface area contributed by atoms with Gasteiger partial charge >= 0.3 is 0 Å². The highest BCUT2D eigenvalue weighted by molar-refractivity contribution is 7.09. The Morgan fingerprint density at radius 2 is 2.17 bits per heavy atom. The molecule has 0 aromatic carbocycles. The third kappa shape index (κ3) is 4.26. The van der Waals surface area contributed by atoms with E-state index >= 15 is 0 Å². The first-order valence-corrected chi connectivity index (χ1v) is 8.94. The van der Waals surface area contributed by atoms with Crippen LogP contribution in [-0.2, 0) is 16.7 Å². The van der Waals surface area contributed by atoms with Crippen LogP contribution >= 0.6 is 22.9 Å². The van der Waals surface area contributed by atoms with E-state index < -0.39 is 0 Å². The van der Waals surface area contributed by atoms with Crippen molar-refractivity contribution in [2.45, 2.75) is 38.8 Å². The summed E-state index contributed by atoms with van der Waals surface area (Å²) in [6.07, 6.45) is 3.35. The van der Waals surface area contributed by atoms with Gasteiger partial charge in [-0.3, -0.25) is 9.88 Å². The van der Waals surface area contributed by atoms with Crippen LogP contribution in [0.15, 0.2) is 17.8 Å². The minimum absolute atomic E-state index is 0.0325. The summed E-state index contributed by atoms with van der Waals surface area (Å²) in [7, 11) is 0. The molecule has 0 radical (unpaired) electrons. The molecule has 23 heavy (non-hydrogen) atoms. The van der Waals surface area contributed by atoms with Gasteiger partial charge in [0.05, 0.1) is 30.4 Å². The first kappa shape index (κ1) is 16.8. The fourth-order valence-corrected chi connectivity index (χ4v) is 3.61. The second kappa shape index (κ2) is 6.81. The maximum absolute atomic E-state index is 5.93. The van der Waals surface area contributed by atoms with Crippen molar-refractivity contribution in [3.05, 3.63) is 39.3 Å². The molecule has 0 aliphatic carbocycles. The Morgan fingerprint density at radius 3 is 2.83 bits per heavy atom. The molecule has 1 atom stereocenters. The SMILES string of the molecule is CC(C)(C)c1csc(C2CN(Cc3cnc(Cl)cn3)CCO2)n1. The van der Waals surface area contributed by atoms with Crippen molar-refractivity contribution >= 4 is 22.9 Å². The van der Waals surface area contributed by atoms with Gasteiger partial charge in [-0.2, -0.15) is 0 Å². The lowest BCUT2D eigenvalue weighted by molar-refractivity contribution is -0.0334. The number of aromatic nitrogens is 3. The van der Waals surface area contributed by atoms with Crippen LogP contribution in [0.4, 0.5) is 0 Å². The van der Waals surface area contributed by atoms with E-state index in [2.05, 4.69) is 41.0 Å². The van der Waals surface area contributed by atoms with Gasteiger partial charge < -0.3 is 4.74 Å². The summed E-state index contributed by atoms with van der Waals surface area (Å²) in [4.78, 5) is 15.5. The number of morpholine rings is 1. The predicted octanol–water partition coefficient (Wildman–Crippen LogP) is 3.46. The highest BCUT2D eigenvalue weighted by Gasteiger charge is 2.26. The Morgan fingerprint density at radius 1 is 1.35 bits per heavy atom. The smallest absolute Gasteiger partial charge is 0.147 e. The maximum atomic E-state index is 5.93. The molecule has 1 aliphatic rings. The van der Waals surface area contributed by atoms with Crippen LogP contribution in [0.5, 0.6) is 0 Å². The number of hydrogen-bond acceptors (Lipinski definition) is 6. The number of ether oxygens (including phenoxy) is 1. The van der Waals surface area contributed by atoms with E-state index in [1.165, 1.54) is 0 Å². The molecular formula is C16H21ClN4OS. The van der Waals surface area contributed by atoms with E-state index in [0.717, 1.165) is 36.0 Å². The fourth-order valence-electron chi connectivity index (χ4n) is 2.43. The molecule has 2 aromatic rings. The molecule has 2 aromatic heterocycles. The molecule has 1 unspecified atom stereocenters.